The molecule has 1 aromatic heterocycles. The van der Waals surface area contributed by atoms with Crippen LogP contribution in [-0.2, 0) is 9.59 Å². The fraction of sp³-hybridized carbons (Fsp3) is 0.0857. The Labute approximate surface area is 290 Å². The van der Waals surface area contributed by atoms with Crippen molar-refractivity contribution in [3.8, 4) is 17.0 Å². The lowest BCUT2D eigenvalue weighted by atomic mass is 10.1. The highest BCUT2D eigenvalue weighted by molar-refractivity contribution is 8.00. The second-order valence-electron chi connectivity index (χ2n) is 10.0. The number of thioether (sulfide) groups is 1. The van der Waals surface area contributed by atoms with Crippen LogP contribution in [0.3, 0.4) is 0 Å². The van der Waals surface area contributed by atoms with Crippen molar-refractivity contribution >= 4 is 80.9 Å². The first-order valence-electron chi connectivity index (χ1n) is 14.2. The Hall–Kier alpha value is -4.61. The lowest BCUT2D eigenvalue weighted by Gasteiger charge is -2.14. The molecule has 0 radical (unpaired) electrons. The first-order chi connectivity index (χ1) is 22.7. The third-order valence-electron chi connectivity index (χ3n) is 6.67. The number of nitrogens with zero attached hydrogens (tertiary/aromatic N) is 1. The van der Waals surface area contributed by atoms with E-state index in [1.54, 1.807) is 111 Å². The molecule has 3 amide bonds. The number of halogens is 2. The van der Waals surface area contributed by atoms with Crippen LogP contribution in [0.5, 0.6) is 5.75 Å². The van der Waals surface area contributed by atoms with Crippen molar-refractivity contribution in [2.45, 2.75) is 17.1 Å². The highest BCUT2D eigenvalue weighted by Crippen LogP contribution is 2.33. The molecule has 1 heterocycles. The average molecular weight is 704 g/mol. The zero-order chi connectivity index (χ0) is 33.3. The molecule has 238 valence electrons. The molecule has 8 nitrogen and oxygen atoms in total. The summed E-state index contributed by atoms with van der Waals surface area (Å²) in [5.74, 6) is -0.509. The maximum Gasteiger partial charge on any atom is 0.272 e. The number of hydrogen-bond acceptors (Lipinski definition) is 7. The monoisotopic (exact) mass is 702 g/mol. The van der Waals surface area contributed by atoms with Gasteiger partial charge in [0.05, 0.1) is 23.1 Å². The maximum atomic E-state index is 13.5. The molecule has 0 aliphatic rings. The van der Waals surface area contributed by atoms with Gasteiger partial charge in [0, 0.05) is 32.1 Å². The van der Waals surface area contributed by atoms with Crippen molar-refractivity contribution < 1.29 is 19.1 Å². The summed E-state index contributed by atoms with van der Waals surface area (Å²) >= 11 is 14.9. The Kier molecular flexibility index (Phi) is 11.3. The van der Waals surface area contributed by atoms with Crippen LogP contribution in [0.25, 0.3) is 17.3 Å². The molecule has 0 fully saturated rings. The molecule has 1 unspecified atom stereocenters. The second-order valence-corrected chi connectivity index (χ2v) is 13.2. The molecule has 5 aromatic rings. The van der Waals surface area contributed by atoms with Gasteiger partial charge in [-0.15, -0.1) is 23.1 Å². The largest absolute Gasteiger partial charge is 0.497 e. The topological polar surface area (TPSA) is 109 Å². The van der Waals surface area contributed by atoms with Gasteiger partial charge >= 0.3 is 0 Å². The van der Waals surface area contributed by atoms with Crippen molar-refractivity contribution in [2.24, 2.45) is 0 Å². The van der Waals surface area contributed by atoms with Crippen LogP contribution >= 0.6 is 46.3 Å². The summed E-state index contributed by atoms with van der Waals surface area (Å²) in [6.07, 6.45) is 1.59. The van der Waals surface area contributed by atoms with Gasteiger partial charge in [0.1, 0.15) is 11.4 Å². The van der Waals surface area contributed by atoms with E-state index in [1.165, 1.54) is 23.1 Å². The van der Waals surface area contributed by atoms with Crippen LogP contribution in [0.15, 0.2) is 113 Å². The van der Waals surface area contributed by atoms with E-state index < -0.39 is 17.1 Å². The highest BCUT2D eigenvalue weighted by atomic mass is 35.5. The van der Waals surface area contributed by atoms with Crippen molar-refractivity contribution in [1.29, 1.82) is 0 Å². The van der Waals surface area contributed by atoms with Crippen molar-refractivity contribution in [3.05, 3.63) is 129 Å². The van der Waals surface area contributed by atoms with Gasteiger partial charge in [-0.1, -0.05) is 59.6 Å². The SMILES string of the molecule is COc1ccc(/C=C(/NC(=O)c2ccccc2)C(=O)Nc2cccc(SC(C)C(=O)Nc3nc(-c4ccc(Cl)cc4Cl)cs3)c2)cc1. The predicted molar refractivity (Wildman–Crippen MR) is 191 cm³/mol. The summed E-state index contributed by atoms with van der Waals surface area (Å²) in [6.45, 7) is 1.78. The molecular formula is C35H28Cl2N4O4S2. The Morgan fingerprint density at radius 1 is 0.915 bits per heavy atom. The maximum absolute atomic E-state index is 13.5. The van der Waals surface area contributed by atoms with Gasteiger partial charge in [0.25, 0.3) is 11.8 Å². The summed E-state index contributed by atoms with van der Waals surface area (Å²) in [7, 11) is 1.57. The van der Waals surface area contributed by atoms with Gasteiger partial charge in [-0.3, -0.25) is 14.4 Å². The van der Waals surface area contributed by atoms with E-state index >= 15 is 0 Å². The normalized spacial score (nSPS) is 11.8. The van der Waals surface area contributed by atoms with E-state index in [1.807, 2.05) is 11.4 Å². The van der Waals surface area contributed by atoms with Crippen LogP contribution in [-0.4, -0.2) is 35.1 Å². The van der Waals surface area contributed by atoms with Crippen molar-refractivity contribution in [3.63, 3.8) is 0 Å². The lowest BCUT2D eigenvalue weighted by Crippen LogP contribution is -2.30. The molecule has 0 saturated heterocycles. The third-order valence-corrected chi connectivity index (χ3v) is 9.07. The Morgan fingerprint density at radius 2 is 1.68 bits per heavy atom. The first-order valence-corrected chi connectivity index (χ1v) is 16.7. The molecule has 1 atom stereocenters. The fourth-order valence-corrected chi connectivity index (χ4v) is 6.42. The molecule has 5 rings (SSSR count). The number of ether oxygens (including phenoxy) is 1. The molecule has 0 aliphatic heterocycles. The standard InChI is InChI=1S/C35H28Cl2N4O4S2/c1-21(32(42)41-35-40-31(20-46-35)28-16-13-24(36)18-29(28)37)47-27-10-6-9-25(19-27)38-34(44)30(17-22-11-14-26(45-2)15-12-22)39-33(43)23-7-4-3-5-8-23/h3-21H,1-2H3,(H,38,44)(H,39,43)(H,40,41,42)/b30-17+. The van der Waals surface area contributed by atoms with Gasteiger partial charge in [0.2, 0.25) is 5.91 Å². The second kappa shape index (κ2) is 15.8. The number of amides is 3. The summed E-state index contributed by atoms with van der Waals surface area (Å²) in [5, 5.41) is 11.2. The van der Waals surface area contributed by atoms with Gasteiger partial charge in [0.15, 0.2) is 5.13 Å². The zero-order valence-corrected chi connectivity index (χ0v) is 28.3. The molecule has 0 bridgehead atoms. The van der Waals surface area contributed by atoms with Crippen LogP contribution in [0.4, 0.5) is 10.8 Å². The van der Waals surface area contributed by atoms with Crippen LogP contribution in [0.2, 0.25) is 10.0 Å². The number of methoxy groups -OCH3 is 1. The minimum atomic E-state index is -0.515. The smallest absolute Gasteiger partial charge is 0.272 e. The van der Waals surface area contributed by atoms with E-state index in [0.717, 1.165) is 10.5 Å². The summed E-state index contributed by atoms with van der Waals surface area (Å²) in [6, 6.07) is 28.0. The Morgan fingerprint density at radius 3 is 2.40 bits per heavy atom. The van der Waals surface area contributed by atoms with Gasteiger partial charge in [-0.05, 0) is 79.2 Å². The van der Waals surface area contributed by atoms with Crippen LogP contribution in [0.1, 0.15) is 22.8 Å². The number of rotatable bonds is 11. The van der Waals surface area contributed by atoms with Crippen LogP contribution < -0.4 is 20.7 Å². The summed E-state index contributed by atoms with van der Waals surface area (Å²) in [4.78, 5) is 44.7. The highest BCUT2D eigenvalue weighted by Gasteiger charge is 2.19. The molecule has 4 aromatic carbocycles. The number of hydrogen-bond donors (Lipinski definition) is 3. The number of anilines is 2. The summed E-state index contributed by atoms with van der Waals surface area (Å²) in [5.41, 5.74) is 3.00. The number of carbonyl (C=O) groups excluding carboxylic acids is 3. The van der Waals surface area contributed by atoms with Gasteiger partial charge in [-0.25, -0.2) is 4.98 Å². The van der Waals surface area contributed by atoms with Crippen LogP contribution in [0, 0.1) is 0 Å². The molecule has 0 aliphatic carbocycles. The predicted octanol–water partition coefficient (Wildman–Crippen LogP) is 8.65. The van der Waals surface area contributed by atoms with E-state index in [0.29, 0.717) is 43.4 Å². The Bertz CT molecular complexity index is 1930. The average Bonchev–Trinajstić information content (AvgIpc) is 3.53. The number of nitrogens with one attached hydrogen (secondary N) is 3. The lowest BCUT2D eigenvalue weighted by molar-refractivity contribution is -0.115. The van der Waals surface area contributed by atoms with E-state index in [9.17, 15) is 14.4 Å². The molecule has 0 spiro atoms. The minimum Gasteiger partial charge on any atom is -0.497 e. The van der Waals surface area contributed by atoms with E-state index in [-0.39, 0.29) is 11.6 Å². The molecule has 0 saturated carbocycles. The van der Waals surface area contributed by atoms with E-state index in [4.69, 9.17) is 27.9 Å². The van der Waals surface area contributed by atoms with Gasteiger partial charge < -0.3 is 20.7 Å². The molecule has 12 heteroatoms. The van der Waals surface area contributed by atoms with Crippen molar-refractivity contribution in [1.82, 2.24) is 10.3 Å². The summed E-state index contributed by atoms with van der Waals surface area (Å²) < 4.78 is 5.22. The van der Waals surface area contributed by atoms with E-state index in [2.05, 4.69) is 20.9 Å². The van der Waals surface area contributed by atoms with Crippen molar-refractivity contribution in [2.75, 3.05) is 17.7 Å². The zero-order valence-electron chi connectivity index (χ0n) is 25.1. The molecule has 3 N–H and O–H groups in total. The minimum absolute atomic E-state index is 0.0533. The number of benzene rings is 4. The molecular weight excluding hydrogens is 675 g/mol. The number of carbonyl (C=O) groups is 3. The number of aromatic nitrogens is 1. The first kappa shape index (κ1) is 33.7. The number of thiazole rings is 1. The Balaban J connectivity index is 1.26. The van der Waals surface area contributed by atoms with Gasteiger partial charge in [-0.2, -0.15) is 0 Å². The quantitative estimate of drug-likeness (QED) is 0.0939. The third kappa shape index (κ3) is 9.24. The molecule has 47 heavy (non-hydrogen) atoms. The fourth-order valence-electron chi connectivity index (χ4n) is 4.27.